The zero-order chi connectivity index (χ0) is 13.5. The fourth-order valence-electron chi connectivity index (χ4n) is 2.66. The van der Waals surface area contributed by atoms with Gasteiger partial charge in [-0.1, -0.05) is 31.0 Å². The lowest BCUT2D eigenvalue weighted by Crippen LogP contribution is -2.31. The van der Waals surface area contributed by atoms with Crippen molar-refractivity contribution in [2.24, 2.45) is 0 Å². The van der Waals surface area contributed by atoms with Gasteiger partial charge in [0.2, 0.25) is 0 Å². The monoisotopic (exact) mass is 261 g/mol. The number of hydrogen-bond acceptors (Lipinski definition) is 2. The van der Waals surface area contributed by atoms with E-state index in [-0.39, 0.29) is 12.5 Å². The van der Waals surface area contributed by atoms with Gasteiger partial charge in [-0.25, -0.2) is 0 Å². The highest BCUT2D eigenvalue weighted by atomic mass is 16.2. The van der Waals surface area contributed by atoms with Gasteiger partial charge in [0.05, 0.1) is 0 Å². The first-order valence-electron chi connectivity index (χ1n) is 7.31. The summed E-state index contributed by atoms with van der Waals surface area (Å²) in [5.74, 6) is 0.190. The molecule has 1 aliphatic heterocycles. The topological polar surface area (TPSA) is 40.5 Å². The third-order valence-electron chi connectivity index (χ3n) is 3.75. The number of rotatable bonds is 6. The van der Waals surface area contributed by atoms with E-state index in [0.29, 0.717) is 0 Å². The zero-order valence-corrected chi connectivity index (χ0v) is 11.5. The SMILES string of the molecule is O=C1c2ccccc2CCCN1CCCCCCO. The smallest absolute Gasteiger partial charge is 0.254 e. The number of aliphatic hydroxyl groups is 1. The molecule has 0 radical (unpaired) electrons. The molecule has 0 aromatic heterocycles. The molecule has 0 fully saturated rings. The second kappa shape index (κ2) is 7.29. The number of aliphatic hydroxyl groups excluding tert-OH is 1. The van der Waals surface area contributed by atoms with E-state index in [1.54, 1.807) is 0 Å². The number of amides is 1. The molecule has 3 nitrogen and oxygen atoms in total. The molecule has 3 heteroatoms. The number of unbranched alkanes of at least 4 members (excludes halogenated alkanes) is 3. The molecule has 1 aromatic rings. The van der Waals surface area contributed by atoms with Crippen molar-refractivity contribution in [2.45, 2.75) is 38.5 Å². The van der Waals surface area contributed by atoms with Crippen LogP contribution in [0.2, 0.25) is 0 Å². The van der Waals surface area contributed by atoms with E-state index in [0.717, 1.165) is 57.2 Å². The lowest BCUT2D eigenvalue weighted by atomic mass is 10.0. The predicted octanol–water partition coefficient (Wildman–Crippen LogP) is 2.63. The third kappa shape index (κ3) is 3.80. The number of fused-ring (bicyclic) bond motifs is 1. The van der Waals surface area contributed by atoms with Gasteiger partial charge in [-0.05, 0) is 37.3 Å². The Labute approximate surface area is 115 Å². The van der Waals surface area contributed by atoms with Crippen LogP contribution in [0.3, 0.4) is 0 Å². The lowest BCUT2D eigenvalue weighted by Gasteiger charge is -2.20. The summed E-state index contributed by atoms with van der Waals surface area (Å²) in [6.45, 7) is 1.99. The van der Waals surface area contributed by atoms with Crippen molar-refractivity contribution in [2.75, 3.05) is 19.7 Å². The lowest BCUT2D eigenvalue weighted by molar-refractivity contribution is 0.0757. The Morgan fingerprint density at radius 2 is 1.89 bits per heavy atom. The molecule has 1 amide bonds. The maximum Gasteiger partial charge on any atom is 0.254 e. The number of nitrogens with zero attached hydrogens (tertiary/aromatic N) is 1. The Kier molecular flexibility index (Phi) is 5.40. The minimum Gasteiger partial charge on any atom is -0.396 e. The predicted molar refractivity (Wildman–Crippen MR) is 76.2 cm³/mol. The first-order valence-corrected chi connectivity index (χ1v) is 7.31. The molecule has 0 unspecified atom stereocenters. The van der Waals surface area contributed by atoms with E-state index in [1.807, 2.05) is 23.1 Å². The van der Waals surface area contributed by atoms with Gasteiger partial charge in [0.15, 0.2) is 0 Å². The number of carbonyl (C=O) groups is 1. The van der Waals surface area contributed by atoms with Crippen LogP contribution in [0, 0.1) is 0 Å². The van der Waals surface area contributed by atoms with E-state index in [4.69, 9.17) is 5.11 Å². The summed E-state index contributed by atoms with van der Waals surface area (Å²) < 4.78 is 0. The van der Waals surface area contributed by atoms with Crippen LogP contribution in [0.5, 0.6) is 0 Å². The largest absolute Gasteiger partial charge is 0.396 e. The van der Waals surface area contributed by atoms with E-state index < -0.39 is 0 Å². The van der Waals surface area contributed by atoms with Gasteiger partial charge in [0.25, 0.3) is 5.91 Å². The summed E-state index contributed by atoms with van der Waals surface area (Å²) >= 11 is 0. The Morgan fingerprint density at radius 3 is 2.74 bits per heavy atom. The second-order valence-electron chi connectivity index (χ2n) is 5.19. The maximum atomic E-state index is 12.4. The molecule has 0 bridgehead atoms. The standard InChI is InChI=1S/C16H23NO2/c18-13-6-2-1-5-11-17-12-7-9-14-8-3-4-10-15(14)16(17)19/h3-4,8,10,18H,1-2,5-7,9,11-13H2. The maximum absolute atomic E-state index is 12.4. The molecule has 1 aromatic carbocycles. The molecule has 1 aliphatic rings. The van der Waals surface area contributed by atoms with Gasteiger partial charge in [0, 0.05) is 25.3 Å². The number of carbonyl (C=O) groups excluding carboxylic acids is 1. The van der Waals surface area contributed by atoms with Gasteiger partial charge in [0.1, 0.15) is 0 Å². The van der Waals surface area contributed by atoms with Crippen molar-refractivity contribution in [3.8, 4) is 0 Å². The highest BCUT2D eigenvalue weighted by Crippen LogP contribution is 2.18. The minimum absolute atomic E-state index is 0.190. The molecule has 0 saturated heterocycles. The summed E-state index contributed by atoms with van der Waals surface area (Å²) in [6.07, 6.45) is 6.11. The molecule has 2 rings (SSSR count). The summed E-state index contributed by atoms with van der Waals surface area (Å²) in [5, 5.41) is 8.74. The van der Waals surface area contributed by atoms with Gasteiger partial charge < -0.3 is 10.0 Å². The molecule has 1 N–H and O–H groups in total. The first-order chi connectivity index (χ1) is 9.33. The van der Waals surface area contributed by atoms with Crippen LogP contribution in [0.25, 0.3) is 0 Å². The number of benzene rings is 1. The van der Waals surface area contributed by atoms with Crippen molar-refractivity contribution in [3.05, 3.63) is 35.4 Å². The summed E-state index contributed by atoms with van der Waals surface area (Å²) in [7, 11) is 0. The van der Waals surface area contributed by atoms with Crippen LogP contribution in [-0.4, -0.2) is 35.6 Å². The third-order valence-corrected chi connectivity index (χ3v) is 3.75. The molecule has 0 saturated carbocycles. The van der Waals surface area contributed by atoms with Gasteiger partial charge >= 0.3 is 0 Å². The summed E-state index contributed by atoms with van der Waals surface area (Å²) in [6, 6.07) is 7.97. The highest BCUT2D eigenvalue weighted by Gasteiger charge is 2.21. The zero-order valence-electron chi connectivity index (χ0n) is 11.5. The van der Waals surface area contributed by atoms with Crippen LogP contribution in [-0.2, 0) is 6.42 Å². The van der Waals surface area contributed by atoms with E-state index in [1.165, 1.54) is 5.56 Å². The fraction of sp³-hybridized carbons (Fsp3) is 0.562. The average Bonchev–Trinajstić information content (AvgIpc) is 2.59. The highest BCUT2D eigenvalue weighted by molar-refractivity contribution is 5.96. The Hall–Kier alpha value is -1.35. The number of aryl methyl sites for hydroxylation is 1. The second-order valence-corrected chi connectivity index (χ2v) is 5.19. The molecule has 0 aliphatic carbocycles. The molecule has 1 heterocycles. The molecule has 0 atom stereocenters. The normalized spacial score (nSPS) is 15.2. The minimum atomic E-state index is 0.190. The van der Waals surface area contributed by atoms with Gasteiger partial charge in [-0.3, -0.25) is 4.79 Å². The van der Waals surface area contributed by atoms with Crippen LogP contribution in [0.15, 0.2) is 24.3 Å². The van der Waals surface area contributed by atoms with Gasteiger partial charge in [-0.2, -0.15) is 0 Å². The van der Waals surface area contributed by atoms with E-state index in [9.17, 15) is 4.79 Å². The van der Waals surface area contributed by atoms with Crippen molar-refractivity contribution in [1.29, 1.82) is 0 Å². The number of hydrogen-bond donors (Lipinski definition) is 1. The van der Waals surface area contributed by atoms with Gasteiger partial charge in [-0.15, -0.1) is 0 Å². The van der Waals surface area contributed by atoms with Crippen LogP contribution < -0.4 is 0 Å². The van der Waals surface area contributed by atoms with E-state index in [2.05, 4.69) is 6.07 Å². The quantitative estimate of drug-likeness (QED) is 0.800. The average molecular weight is 261 g/mol. The Morgan fingerprint density at radius 1 is 1.11 bits per heavy atom. The molecular weight excluding hydrogens is 238 g/mol. The first kappa shape index (κ1) is 14.1. The molecule has 104 valence electrons. The van der Waals surface area contributed by atoms with Crippen LogP contribution in [0.4, 0.5) is 0 Å². The Bertz CT molecular complexity index is 417. The van der Waals surface area contributed by atoms with Crippen molar-refractivity contribution in [1.82, 2.24) is 4.90 Å². The van der Waals surface area contributed by atoms with Crippen molar-refractivity contribution in [3.63, 3.8) is 0 Å². The van der Waals surface area contributed by atoms with Crippen molar-refractivity contribution < 1.29 is 9.90 Å². The molecule has 19 heavy (non-hydrogen) atoms. The molecular formula is C16H23NO2. The van der Waals surface area contributed by atoms with E-state index >= 15 is 0 Å². The fourth-order valence-corrected chi connectivity index (χ4v) is 2.66. The summed E-state index contributed by atoms with van der Waals surface area (Å²) in [5.41, 5.74) is 2.07. The summed E-state index contributed by atoms with van der Waals surface area (Å²) in [4.78, 5) is 14.4. The Balaban J connectivity index is 1.90. The molecule has 0 spiro atoms. The van der Waals surface area contributed by atoms with Crippen molar-refractivity contribution >= 4 is 5.91 Å². The van der Waals surface area contributed by atoms with Crippen LogP contribution >= 0.6 is 0 Å². The van der Waals surface area contributed by atoms with Crippen LogP contribution in [0.1, 0.15) is 48.0 Å².